The van der Waals surface area contributed by atoms with Crippen LogP contribution in [-0.2, 0) is 0 Å². The summed E-state index contributed by atoms with van der Waals surface area (Å²) in [5, 5.41) is 2.41. The first-order chi connectivity index (χ1) is 12.8. The summed E-state index contributed by atoms with van der Waals surface area (Å²) in [6.45, 7) is 5.05. The van der Waals surface area contributed by atoms with Gasteiger partial charge in [-0.2, -0.15) is 4.37 Å². The molecule has 2 aliphatic rings. The van der Waals surface area contributed by atoms with Crippen molar-refractivity contribution in [3.8, 4) is 5.88 Å². The topological polar surface area (TPSA) is 38.3 Å². The number of allylic oxidation sites excluding steroid dienone is 3. The molecule has 1 atom stereocenters. The van der Waals surface area contributed by atoms with Gasteiger partial charge in [-0.05, 0) is 54.4 Å². The summed E-state index contributed by atoms with van der Waals surface area (Å²) in [6, 6.07) is 0. The lowest BCUT2D eigenvalue weighted by Crippen LogP contribution is -2.25. The molecular formula is C20H31N3OS2. The summed E-state index contributed by atoms with van der Waals surface area (Å²) < 4.78 is 14.9. The maximum Gasteiger partial charge on any atom is 0.253 e. The van der Waals surface area contributed by atoms with Gasteiger partial charge in [-0.25, -0.2) is 10.9 Å². The Hall–Kier alpha value is -1.11. The molecule has 0 amide bonds. The number of likely N-dealkylation sites (N-methyl/N-ethyl adjacent to an activating group) is 1. The van der Waals surface area contributed by atoms with Gasteiger partial charge >= 0.3 is 0 Å². The number of unbranched alkanes of at least 4 members (excludes halogenated alkanes) is 2. The highest BCUT2D eigenvalue weighted by Crippen LogP contribution is 2.44. The first-order valence-corrected chi connectivity index (χ1v) is 12.1. The van der Waals surface area contributed by atoms with Crippen LogP contribution >= 0.6 is 22.6 Å². The number of aromatic nitrogens is 2. The molecule has 0 aromatic carbocycles. The number of ether oxygens (including phenoxy) is 1. The van der Waals surface area contributed by atoms with E-state index in [9.17, 15) is 0 Å². The third kappa shape index (κ3) is 5.44. The Bertz CT molecular complexity index is 666. The molecule has 0 saturated heterocycles. The molecule has 0 saturated carbocycles. The zero-order valence-electron chi connectivity index (χ0n) is 16.0. The number of hydrogen-bond acceptors (Lipinski definition) is 5. The molecule has 4 nitrogen and oxygen atoms in total. The molecule has 0 fully saturated rings. The zero-order valence-corrected chi connectivity index (χ0v) is 17.7. The van der Waals surface area contributed by atoms with Crippen LogP contribution in [0.1, 0.15) is 51.1 Å². The molecule has 0 N–H and O–H groups in total. The summed E-state index contributed by atoms with van der Waals surface area (Å²) in [6.07, 6.45) is 14.3. The van der Waals surface area contributed by atoms with Crippen LogP contribution in [0.2, 0.25) is 0 Å². The van der Waals surface area contributed by atoms with Crippen LogP contribution in [0.3, 0.4) is 0 Å². The third-order valence-electron chi connectivity index (χ3n) is 4.85. The van der Waals surface area contributed by atoms with Gasteiger partial charge in [-0.15, -0.1) is 4.37 Å². The van der Waals surface area contributed by atoms with Crippen molar-refractivity contribution in [3.05, 3.63) is 34.2 Å². The minimum absolute atomic E-state index is 0.0709. The molecule has 0 spiro atoms. The van der Waals surface area contributed by atoms with E-state index in [1.807, 2.05) is 0 Å². The van der Waals surface area contributed by atoms with Crippen LogP contribution in [0.25, 0.3) is 5.57 Å². The van der Waals surface area contributed by atoms with Crippen LogP contribution in [0.4, 0.5) is 0 Å². The second kappa shape index (κ2) is 10.3. The smallest absolute Gasteiger partial charge is 0.253 e. The fourth-order valence-electron chi connectivity index (χ4n) is 3.39. The molecule has 6 heteroatoms. The summed E-state index contributed by atoms with van der Waals surface area (Å²) in [5.41, 5.74) is 2.21. The molecule has 26 heavy (non-hydrogen) atoms. The molecule has 3 heterocycles. The zero-order chi connectivity index (χ0) is 18.2. The highest BCUT2D eigenvalue weighted by molar-refractivity contribution is 8.23. The monoisotopic (exact) mass is 393 g/mol. The van der Waals surface area contributed by atoms with E-state index < -0.39 is 0 Å². The second-order valence-electron chi connectivity index (χ2n) is 7.03. The number of nitrogens with zero attached hydrogens (tertiary/aromatic N) is 3. The highest BCUT2D eigenvalue weighted by Gasteiger charge is 2.18. The Morgan fingerprint density at radius 2 is 2.19 bits per heavy atom. The van der Waals surface area contributed by atoms with Crippen LogP contribution in [0.15, 0.2) is 28.5 Å². The van der Waals surface area contributed by atoms with Crippen molar-refractivity contribution in [2.75, 3.05) is 32.5 Å². The maximum atomic E-state index is 6.00. The van der Waals surface area contributed by atoms with E-state index in [2.05, 4.69) is 51.3 Å². The van der Waals surface area contributed by atoms with E-state index >= 15 is 0 Å². The van der Waals surface area contributed by atoms with E-state index in [-0.39, 0.29) is 10.9 Å². The highest BCUT2D eigenvalue weighted by atomic mass is 32.2. The van der Waals surface area contributed by atoms with Gasteiger partial charge in [0.15, 0.2) is 0 Å². The Balaban J connectivity index is 1.43. The Morgan fingerprint density at radius 1 is 1.27 bits per heavy atom. The lowest BCUT2D eigenvalue weighted by molar-refractivity contribution is 0.307. The average molecular weight is 394 g/mol. The van der Waals surface area contributed by atoms with Gasteiger partial charge in [0, 0.05) is 13.1 Å². The fourth-order valence-corrected chi connectivity index (χ4v) is 6.04. The lowest BCUT2D eigenvalue weighted by Gasteiger charge is -2.22. The van der Waals surface area contributed by atoms with E-state index in [0.29, 0.717) is 0 Å². The molecule has 1 aromatic heterocycles. The van der Waals surface area contributed by atoms with Crippen LogP contribution in [0.5, 0.6) is 5.88 Å². The lowest BCUT2D eigenvalue weighted by atomic mass is 10.1. The average Bonchev–Trinajstić information content (AvgIpc) is 3.28. The molecule has 3 rings (SSSR count). The molecule has 0 bridgehead atoms. The van der Waals surface area contributed by atoms with Crippen molar-refractivity contribution in [2.24, 2.45) is 0 Å². The largest absolute Gasteiger partial charge is 0.475 e. The van der Waals surface area contributed by atoms with Crippen molar-refractivity contribution >= 4 is 28.2 Å². The molecule has 2 aliphatic heterocycles. The van der Waals surface area contributed by atoms with Gasteiger partial charge in [0.1, 0.15) is 5.69 Å². The van der Waals surface area contributed by atoms with Crippen molar-refractivity contribution in [1.29, 1.82) is 0 Å². The Kier molecular flexibility index (Phi) is 7.77. The van der Waals surface area contributed by atoms with E-state index in [1.54, 1.807) is 4.91 Å². The molecule has 0 aliphatic carbocycles. The maximum absolute atomic E-state index is 6.00. The van der Waals surface area contributed by atoms with Crippen molar-refractivity contribution in [3.63, 3.8) is 0 Å². The van der Waals surface area contributed by atoms with Crippen LogP contribution in [0, 0.1) is 0 Å². The molecule has 1 unspecified atom stereocenters. The number of hydrogen-bond donors (Lipinski definition) is 1. The first-order valence-electron chi connectivity index (χ1n) is 9.75. The SMILES string of the molecule is CCCCCC1=CC=C[SH]1CCCOc1nsnc1C1=CCCN(C)C1. The molecular weight excluding hydrogens is 362 g/mol. The molecule has 0 radical (unpaired) electrons. The first kappa shape index (κ1) is 19.6. The van der Waals surface area contributed by atoms with E-state index in [0.717, 1.165) is 44.1 Å². The quantitative estimate of drug-likeness (QED) is 0.447. The second-order valence-corrected chi connectivity index (χ2v) is 9.81. The van der Waals surface area contributed by atoms with Gasteiger partial charge < -0.3 is 9.64 Å². The van der Waals surface area contributed by atoms with Crippen molar-refractivity contribution in [2.45, 2.75) is 45.4 Å². The van der Waals surface area contributed by atoms with Gasteiger partial charge in [0.25, 0.3) is 5.88 Å². The molecule has 1 aromatic rings. The van der Waals surface area contributed by atoms with Gasteiger partial charge in [-0.1, -0.05) is 38.0 Å². The van der Waals surface area contributed by atoms with Crippen LogP contribution in [-0.4, -0.2) is 46.1 Å². The van der Waals surface area contributed by atoms with Crippen LogP contribution < -0.4 is 4.74 Å². The van der Waals surface area contributed by atoms with Gasteiger partial charge in [0.2, 0.25) is 0 Å². The predicted octanol–water partition coefficient (Wildman–Crippen LogP) is 5.02. The molecule has 144 valence electrons. The van der Waals surface area contributed by atoms with Crippen molar-refractivity contribution in [1.82, 2.24) is 13.6 Å². The Labute approximate surface area is 164 Å². The third-order valence-corrected chi connectivity index (χ3v) is 7.80. The standard InChI is InChI=1S/C20H31N3OS2/c1-3-4-5-10-18-11-7-14-26(18)15-8-13-24-20-19(21-25-22-20)17-9-6-12-23(2)16-17/h7,9,11,14,26H,3-6,8,10,12-13,15-16H2,1-2H3. The van der Waals surface area contributed by atoms with E-state index in [4.69, 9.17) is 4.74 Å². The predicted molar refractivity (Wildman–Crippen MR) is 115 cm³/mol. The summed E-state index contributed by atoms with van der Waals surface area (Å²) in [7, 11) is 2.08. The van der Waals surface area contributed by atoms with E-state index in [1.165, 1.54) is 48.7 Å². The minimum Gasteiger partial charge on any atom is -0.475 e. The minimum atomic E-state index is -0.0709. The number of rotatable bonds is 10. The normalized spacial score (nSPS) is 21.7. The van der Waals surface area contributed by atoms with Crippen molar-refractivity contribution < 1.29 is 4.74 Å². The summed E-state index contributed by atoms with van der Waals surface area (Å²) >= 11 is 1.26. The summed E-state index contributed by atoms with van der Waals surface area (Å²) in [4.78, 5) is 3.99. The fraction of sp³-hybridized carbons (Fsp3) is 0.600. The van der Waals surface area contributed by atoms with Gasteiger partial charge in [-0.3, -0.25) is 0 Å². The number of thiol groups is 1. The Morgan fingerprint density at radius 3 is 3.04 bits per heavy atom. The van der Waals surface area contributed by atoms with Gasteiger partial charge in [0.05, 0.1) is 18.3 Å². The summed E-state index contributed by atoms with van der Waals surface area (Å²) in [5.74, 6) is 1.95.